The Morgan fingerprint density at radius 2 is 1.70 bits per heavy atom. The summed E-state index contributed by atoms with van der Waals surface area (Å²) in [5, 5.41) is 24.7. The average molecular weight is 659 g/mol. The minimum Gasteiger partial charge on any atom is -0.472 e. The van der Waals surface area contributed by atoms with Gasteiger partial charge in [0, 0.05) is 42.9 Å². The fraction of sp³-hybridized carbons (Fsp3) is 0.771. The van der Waals surface area contributed by atoms with Gasteiger partial charge in [-0.25, -0.2) is 0 Å². The monoisotopic (exact) mass is 658 g/mol. The van der Waals surface area contributed by atoms with Gasteiger partial charge in [-0.2, -0.15) is 0 Å². The predicted octanol–water partition coefficient (Wildman–Crippen LogP) is 3.06. The van der Waals surface area contributed by atoms with Crippen LogP contribution in [0.2, 0.25) is 0 Å². The summed E-state index contributed by atoms with van der Waals surface area (Å²) in [6.07, 6.45) is -1.82. The molecule has 4 saturated carbocycles. The molecule has 12 nitrogen and oxygen atoms in total. The molecular formula is C35H46O12. The summed E-state index contributed by atoms with van der Waals surface area (Å²) in [6.45, 7) is 11.5. The highest BCUT2D eigenvalue weighted by Gasteiger charge is 2.92. The van der Waals surface area contributed by atoms with E-state index < -0.39 is 99.4 Å². The van der Waals surface area contributed by atoms with Crippen molar-refractivity contribution in [1.82, 2.24) is 0 Å². The van der Waals surface area contributed by atoms with Gasteiger partial charge in [-0.15, -0.1) is 0 Å². The van der Waals surface area contributed by atoms with Crippen LogP contribution in [0.3, 0.4) is 0 Å². The van der Waals surface area contributed by atoms with Crippen LogP contribution in [0.4, 0.5) is 0 Å². The van der Waals surface area contributed by atoms with Crippen LogP contribution in [0.5, 0.6) is 0 Å². The molecule has 2 aliphatic heterocycles. The summed E-state index contributed by atoms with van der Waals surface area (Å²) in [5.74, 6) is -4.62. The molecule has 4 aliphatic carbocycles. The second-order valence-electron chi connectivity index (χ2n) is 15.6. The molecule has 3 heterocycles. The van der Waals surface area contributed by atoms with Gasteiger partial charge in [-0.3, -0.25) is 19.2 Å². The van der Waals surface area contributed by atoms with E-state index in [0.29, 0.717) is 12.8 Å². The molecule has 0 radical (unpaired) electrons. The molecule has 6 fully saturated rings. The fourth-order valence-corrected chi connectivity index (χ4v) is 11.5. The molecule has 1 spiro atoms. The lowest BCUT2D eigenvalue weighted by Gasteiger charge is -2.73. The number of furan rings is 1. The SMILES string of the molecule is CCC(C)C(=O)OC1OCC23C(O)CC(OC(C)=O)C1(C)C2CC(O)C1(C)C3C(=O)C(OC(C)=O)C2(C)C(c3ccoc3)CC3OC321. The molecule has 1 aromatic rings. The molecule has 6 aliphatic rings. The number of ketones is 1. The molecule has 1 aromatic heterocycles. The number of hydrogen-bond donors (Lipinski definition) is 2. The fourth-order valence-electron chi connectivity index (χ4n) is 11.5. The Labute approximate surface area is 273 Å². The normalized spacial score (nSPS) is 49.8. The Bertz CT molecular complexity index is 1490. The number of aliphatic hydroxyl groups is 2. The molecule has 0 amide bonds. The second-order valence-corrected chi connectivity index (χ2v) is 15.6. The molecule has 15 atom stereocenters. The lowest BCUT2D eigenvalue weighted by Crippen LogP contribution is -2.82. The molecule has 2 bridgehead atoms. The highest BCUT2D eigenvalue weighted by Crippen LogP contribution is 2.83. The minimum absolute atomic E-state index is 0.0479. The van der Waals surface area contributed by atoms with Gasteiger partial charge < -0.3 is 38.3 Å². The van der Waals surface area contributed by atoms with Gasteiger partial charge in [-0.1, -0.05) is 27.7 Å². The highest BCUT2D eigenvalue weighted by molar-refractivity contribution is 5.93. The maximum absolute atomic E-state index is 15.3. The number of Topliss-reactive ketones (excluding diaryl/α,β-unsaturated/α-hetero) is 1. The van der Waals surface area contributed by atoms with E-state index in [1.165, 1.54) is 13.8 Å². The maximum atomic E-state index is 15.3. The van der Waals surface area contributed by atoms with Gasteiger partial charge in [0.05, 0.1) is 54.2 Å². The van der Waals surface area contributed by atoms with Crippen molar-refractivity contribution in [3.05, 3.63) is 24.2 Å². The first-order valence-electron chi connectivity index (χ1n) is 16.8. The highest BCUT2D eigenvalue weighted by atomic mass is 16.7. The molecule has 0 aromatic carbocycles. The van der Waals surface area contributed by atoms with Gasteiger partial charge >= 0.3 is 17.9 Å². The van der Waals surface area contributed by atoms with Crippen molar-refractivity contribution in [3.63, 3.8) is 0 Å². The number of carbonyl (C=O) groups excluding carboxylic acids is 4. The smallest absolute Gasteiger partial charge is 0.310 e. The van der Waals surface area contributed by atoms with Crippen molar-refractivity contribution in [1.29, 1.82) is 0 Å². The molecule has 15 unspecified atom stereocenters. The second kappa shape index (κ2) is 10.4. The number of aliphatic hydroxyl groups excluding tert-OH is 2. The third kappa shape index (κ3) is 3.78. The molecular weight excluding hydrogens is 612 g/mol. The van der Waals surface area contributed by atoms with Crippen molar-refractivity contribution in [2.45, 2.75) is 122 Å². The lowest BCUT2D eigenvalue weighted by atomic mass is 9.33. The Kier molecular flexibility index (Phi) is 7.21. The van der Waals surface area contributed by atoms with Crippen molar-refractivity contribution in [3.8, 4) is 0 Å². The number of ether oxygens (including phenoxy) is 5. The van der Waals surface area contributed by atoms with Crippen LogP contribution in [-0.2, 0) is 42.9 Å². The predicted molar refractivity (Wildman–Crippen MR) is 160 cm³/mol. The first-order valence-corrected chi connectivity index (χ1v) is 16.8. The van der Waals surface area contributed by atoms with Crippen molar-refractivity contribution < 1.29 is 57.5 Å². The molecule has 47 heavy (non-hydrogen) atoms. The molecule has 12 heteroatoms. The molecule has 2 saturated heterocycles. The first kappa shape index (κ1) is 32.7. The standard InChI is InChI=1S/C35H46O12/c1-8-16(2)29(41)46-30-31(5)21-12-22(38)33(7)27(34(21,15-43-30)23(39)13-24(31)44-17(3)36)26(40)28(45-18(4)37)32(6)20(19-9-10-42-14-19)11-25-35(32,33)47-25/h9-10,14,16,20-25,27-28,30,38-39H,8,11-13,15H2,1-7H3. The average Bonchev–Trinajstić information content (AvgIpc) is 3.36. The van der Waals surface area contributed by atoms with E-state index in [0.717, 1.165) is 5.56 Å². The Balaban J connectivity index is 1.40. The lowest BCUT2D eigenvalue weighted by molar-refractivity contribution is -0.374. The van der Waals surface area contributed by atoms with Crippen LogP contribution in [-0.4, -0.2) is 82.9 Å². The summed E-state index contributed by atoms with van der Waals surface area (Å²) < 4.78 is 36.3. The van der Waals surface area contributed by atoms with E-state index in [-0.39, 0.29) is 31.5 Å². The summed E-state index contributed by atoms with van der Waals surface area (Å²) >= 11 is 0. The number of hydrogen-bond acceptors (Lipinski definition) is 12. The van der Waals surface area contributed by atoms with Crippen molar-refractivity contribution in [2.24, 2.45) is 39.4 Å². The summed E-state index contributed by atoms with van der Waals surface area (Å²) in [6, 6.07) is 1.84. The van der Waals surface area contributed by atoms with Crippen molar-refractivity contribution >= 4 is 23.7 Å². The number of epoxide rings is 1. The third-order valence-electron chi connectivity index (χ3n) is 13.8. The summed E-state index contributed by atoms with van der Waals surface area (Å²) in [5.41, 5.74) is -5.14. The van der Waals surface area contributed by atoms with Crippen LogP contribution in [0.1, 0.15) is 85.6 Å². The van der Waals surface area contributed by atoms with E-state index in [4.69, 9.17) is 28.1 Å². The van der Waals surface area contributed by atoms with E-state index in [1.54, 1.807) is 26.4 Å². The number of esters is 3. The third-order valence-corrected chi connectivity index (χ3v) is 13.8. The number of carbonyl (C=O) groups is 4. The van der Waals surface area contributed by atoms with Crippen LogP contribution >= 0.6 is 0 Å². The zero-order chi connectivity index (χ0) is 34.1. The molecule has 258 valence electrons. The van der Waals surface area contributed by atoms with E-state index >= 15 is 4.79 Å². The summed E-state index contributed by atoms with van der Waals surface area (Å²) in [7, 11) is 0. The number of fused-ring (bicyclic) bond motifs is 1. The molecule has 7 rings (SSSR count). The molecule has 2 N–H and O–H groups in total. The zero-order valence-electron chi connectivity index (χ0n) is 28.0. The van der Waals surface area contributed by atoms with Crippen LogP contribution < -0.4 is 0 Å². The minimum atomic E-state index is -1.32. The van der Waals surface area contributed by atoms with Gasteiger partial charge in [0.25, 0.3) is 0 Å². The van der Waals surface area contributed by atoms with Gasteiger partial charge in [0.1, 0.15) is 11.7 Å². The first-order chi connectivity index (χ1) is 22.1. The van der Waals surface area contributed by atoms with Gasteiger partial charge in [0.15, 0.2) is 11.9 Å². The van der Waals surface area contributed by atoms with E-state index in [2.05, 4.69) is 0 Å². The quantitative estimate of drug-likeness (QED) is 0.260. The van der Waals surface area contributed by atoms with Crippen LogP contribution in [0, 0.1) is 39.4 Å². The van der Waals surface area contributed by atoms with E-state index in [1.807, 2.05) is 26.8 Å². The van der Waals surface area contributed by atoms with Crippen molar-refractivity contribution in [2.75, 3.05) is 6.61 Å². The number of rotatable bonds is 6. The maximum Gasteiger partial charge on any atom is 0.310 e. The Morgan fingerprint density at radius 3 is 2.32 bits per heavy atom. The zero-order valence-corrected chi connectivity index (χ0v) is 28.0. The Hall–Kier alpha value is -2.80. The largest absolute Gasteiger partial charge is 0.472 e. The summed E-state index contributed by atoms with van der Waals surface area (Å²) in [4.78, 5) is 53.6. The van der Waals surface area contributed by atoms with Gasteiger partial charge in [0.2, 0.25) is 6.29 Å². The topological polar surface area (TPSA) is 171 Å². The van der Waals surface area contributed by atoms with Gasteiger partial charge in [-0.05, 0) is 43.7 Å². The Morgan fingerprint density at radius 1 is 1.00 bits per heavy atom. The van der Waals surface area contributed by atoms with Crippen LogP contribution in [0.15, 0.2) is 23.0 Å². The van der Waals surface area contributed by atoms with E-state index in [9.17, 15) is 24.6 Å². The van der Waals surface area contributed by atoms with Crippen LogP contribution in [0.25, 0.3) is 0 Å².